The molecule has 0 saturated carbocycles. The molecule has 0 unspecified atom stereocenters. The first-order valence-corrected chi connectivity index (χ1v) is 13.0. The minimum absolute atomic E-state index is 0.0905. The van der Waals surface area contributed by atoms with Crippen molar-refractivity contribution >= 4 is 56.8 Å². The van der Waals surface area contributed by atoms with Crippen LogP contribution in [-0.4, -0.2) is 32.3 Å². The molecule has 0 aliphatic carbocycles. The molecule has 7 nitrogen and oxygen atoms in total. The Kier molecular flexibility index (Phi) is 9.16. The zero-order valence-electron chi connectivity index (χ0n) is 19.4. The number of thioether (sulfide) groups is 1. The van der Waals surface area contributed by atoms with E-state index in [9.17, 15) is 9.59 Å². The van der Waals surface area contributed by atoms with Crippen molar-refractivity contribution in [2.45, 2.75) is 45.4 Å². The van der Waals surface area contributed by atoms with Crippen molar-refractivity contribution in [2.75, 3.05) is 11.1 Å². The highest BCUT2D eigenvalue weighted by Crippen LogP contribution is 2.27. The van der Waals surface area contributed by atoms with Crippen molar-refractivity contribution in [3.05, 3.63) is 68.9 Å². The second-order valence-electron chi connectivity index (χ2n) is 8.12. The first kappa shape index (κ1) is 26.2. The summed E-state index contributed by atoms with van der Waals surface area (Å²) in [4.78, 5) is 25.4. The molecule has 2 aromatic carbocycles. The molecule has 10 heteroatoms. The van der Waals surface area contributed by atoms with E-state index in [1.807, 2.05) is 50.5 Å². The molecular weight excluding hydrogens is 538 g/mol. The van der Waals surface area contributed by atoms with Crippen LogP contribution >= 0.6 is 39.3 Å². The third kappa shape index (κ3) is 6.61. The smallest absolute Gasteiger partial charge is 0.251 e. The van der Waals surface area contributed by atoms with Crippen molar-refractivity contribution in [2.24, 2.45) is 5.92 Å². The average Bonchev–Trinajstić information content (AvgIpc) is 3.20. The summed E-state index contributed by atoms with van der Waals surface area (Å²) in [6, 6.07) is 12.4. The summed E-state index contributed by atoms with van der Waals surface area (Å²) in [6.45, 7) is 8.61. The summed E-state index contributed by atoms with van der Waals surface area (Å²) < 4.78 is 2.65. The van der Waals surface area contributed by atoms with Crippen molar-refractivity contribution < 1.29 is 9.59 Å². The molecule has 0 fully saturated rings. The number of amides is 2. The number of halogens is 2. The number of aryl methyl sites for hydroxylation is 1. The van der Waals surface area contributed by atoms with E-state index in [1.54, 1.807) is 24.3 Å². The van der Waals surface area contributed by atoms with Crippen LogP contribution in [0.5, 0.6) is 0 Å². The fraction of sp³-hybridized carbons (Fsp3) is 0.333. The second-order valence-corrected chi connectivity index (χ2v) is 10.3. The Morgan fingerprint density at radius 2 is 1.94 bits per heavy atom. The van der Waals surface area contributed by atoms with Crippen LogP contribution in [0.25, 0.3) is 0 Å². The Labute approximate surface area is 217 Å². The van der Waals surface area contributed by atoms with Gasteiger partial charge in [-0.2, -0.15) is 0 Å². The molecule has 2 amide bonds. The minimum atomic E-state index is -0.324. The van der Waals surface area contributed by atoms with Gasteiger partial charge in [0, 0.05) is 22.3 Å². The molecule has 0 spiro atoms. The van der Waals surface area contributed by atoms with E-state index in [0.29, 0.717) is 38.3 Å². The highest BCUT2D eigenvalue weighted by atomic mass is 79.9. The van der Waals surface area contributed by atoms with E-state index >= 15 is 0 Å². The topological polar surface area (TPSA) is 88.9 Å². The Morgan fingerprint density at radius 3 is 2.59 bits per heavy atom. The van der Waals surface area contributed by atoms with E-state index in [-0.39, 0.29) is 29.5 Å². The molecule has 1 aromatic heterocycles. The lowest BCUT2D eigenvalue weighted by Crippen LogP contribution is -2.33. The van der Waals surface area contributed by atoms with Crippen molar-refractivity contribution in [1.82, 2.24) is 20.1 Å². The number of hydrogen-bond acceptors (Lipinski definition) is 5. The van der Waals surface area contributed by atoms with E-state index in [1.165, 1.54) is 11.8 Å². The molecule has 180 valence electrons. The van der Waals surface area contributed by atoms with Crippen LogP contribution in [0.3, 0.4) is 0 Å². The molecule has 3 aromatic rings. The Balaban J connectivity index is 1.71. The van der Waals surface area contributed by atoms with Gasteiger partial charge in [-0.15, -0.1) is 10.2 Å². The monoisotopic (exact) mass is 563 g/mol. The Morgan fingerprint density at radius 1 is 1.18 bits per heavy atom. The molecular formula is C24H27BrClN5O2S. The number of benzene rings is 2. The third-order valence-electron chi connectivity index (χ3n) is 5.11. The van der Waals surface area contributed by atoms with Gasteiger partial charge in [-0.1, -0.05) is 54.9 Å². The quantitative estimate of drug-likeness (QED) is 0.317. The number of carbonyl (C=O) groups is 2. The number of hydrogen-bond donors (Lipinski definition) is 2. The number of nitrogens with zero attached hydrogens (tertiary/aromatic N) is 3. The van der Waals surface area contributed by atoms with Crippen LogP contribution in [0.4, 0.5) is 5.69 Å². The van der Waals surface area contributed by atoms with Gasteiger partial charge in [-0.3, -0.25) is 9.59 Å². The van der Waals surface area contributed by atoms with E-state index in [4.69, 9.17) is 11.6 Å². The van der Waals surface area contributed by atoms with Crippen LogP contribution in [0.2, 0.25) is 5.02 Å². The highest BCUT2D eigenvalue weighted by Gasteiger charge is 2.26. The summed E-state index contributed by atoms with van der Waals surface area (Å²) in [7, 11) is 0. The van der Waals surface area contributed by atoms with Gasteiger partial charge in [-0.25, -0.2) is 0 Å². The molecule has 0 aliphatic heterocycles. The molecule has 0 aliphatic rings. The zero-order valence-corrected chi connectivity index (χ0v) is 22.6. The van der Waals surface area contributed by atoms with Gasteiger partial charge in [0.05, 0.1) is 16.8 Å². The standard InChI is InChI=1S/C24H27BrClN5O2S/c1-5-31-22(21(14(2)3)28-23(33)16-8-6-7-15(4)11-16)29-30-24(31)34-13-20(32)27-17-9-10-19(26)18(25)12-17/h6-12,14,21H,5,13H2,1-4H3,(H,27,32)(H,28,33)/t21-/m1/s1. The molecule has 34 heavy (non-hydrogen) atoms. The molecule has 0 saturated heterocycles. The Bertz CT molecular complexity index is 1180. The maximum absolute atomic E-state index is 12.9. The lowest BCUT2D eigenvalue weighted by molar-refractivity contribution is -0.113. The number of aromatic nitrogens is 3. The van der Waals surface area contributed by atoms with Crippen LogP contribution < -0.4 is 10.6 Å². The largest absolute Gasteiger partial charge is 0.342 e. The van der Waals surface area contributed by atoms with Gasteiger partial charge < -0.3 is 15.2 Å². The molecule has 1 atom stereocenters. The second kappa shape index (κ2) is 11.9. The van der Waals surface area contributed by atoms with Gasteiger partial charge in [0.25, 0.3) is 5.91 Å². The van der Waals surface area contributed by atoms with Crippen LogP contribution in [0, 0.1) is 12.8 Å². The van der Waals surface area contributed by atoms with E-state index in [0.717, 1.165) is 5.56 Å². The minimum Gasteiger partial charge on any atom is -0.342 e. The summed E-state index contributed by atoms with van der Waals surface area (Å²) in [5.41, 5.74) is 2.28. The lowest BCUT2D eigenvalue weighted by Gasteiger charge is -2.22. The molecule has 2 N–H and O–H groups in total. The number of nitrogens with one attached hydrogen (secondary N) is 2. The van der Waals surface area contributed by atoms with Gasteiger partial charge in [0.1, 0.15) is 0 Å². The lowest BCUT2D eigenvalue weighted by atomic mass is 10.0. The van der Waals surface area contributed by atoms with E-state index in [2.05, 4.69) is 36.8 Å². The van der Waals surface area contributed by atoms with Gasteiger partial charge >= 0.3 is 0 Å². The first-order valence-electron chi connectivity index (χ1n) is 10.9. The van der Waals surface area contributed by atoms with Crippen molar-refractivity contribution in [1.29, 1.82) is 0 Å². The fourth-order valence-corrected chi connectivity index (χ4v) is 4.68. The van der Waals surface area contributed by atoms with Crippen molar-refractivity contribution in [3.63, 3.8) is 0 Å². The summed E-state index contributed by atoms with van der Waals surface area (Å²) in [6.07, 6.45) is 0. The molecule has 0 radical (unpaired) electrons. The van der Waals surface area contributed by atoms with Gasteiger partial charge in [-0.05, 0) is 66.0 Å². The number of anilines is 1. The number of rotatable bonds is 9. The Hall–Kier alpha value is -2.36. The maximum Gasteiger partial charge on any atom is 0.251 e. The SMILES string of the molecule is CCn1c(SCC(=O)Nc2ccc(Cl)c(Br)c2)nnc1[C@H](NC(=O)c1cccc(C)c1)C(C)C. The van der Waals surface area contributed by atoms with Crippen LogP contribution in [-0.2, 0) is 11.3 Å². The number of carbonyl (C=O) groups excluding carboxylic acids is 2. The summed E-state index contributed by atoms with van der Waals surface area (Å²) in [5, 5.41) is 15.8. The van der Waals surface area contributed by atoms with Crippen LogP contribution in [0.15, 0.2) is 52.1 Å². The van der Waals surface area contributed by atoms with Gasteiger partial charge in [0.15, 0.2) is 11.0 Å². The molecule has 3 rings (SSSR count). The normalized spacial score (nSPS) is 12.0. The predicted octanol–water partition coefficient (Wildman–Crippen LogP) is 5.88. The highest BCUT2D eigenvalue weighted by molar-refractivity contribution is 9.10. The third-order valence-corrected chi connectivity index (χ3v) is 7.29. The fourth-order valence-electron chi connectivity index (χ4n) is 3.38. The maximum atomic E-state index is 12.9. The first-order chi connectivity index (χ1) is 16.2. The summed E-state index contributed by atoms with van der Waals surface area (Å²) in [5.74, 6) is 0.603. The average molecular weight is 565 g/mol. The van der Waals surface area contributed by atoms with Crippen LogP contribution in [0.1, 0.15) is 48.6 Å². The van der Waals surface area contributed by atoms with Crippen molar-refractivity contribution in [3.8, 4) is 0 Å². The van der Waals surface area contributed by atoms with E-state index < -0.39 is 0 Å². The zero-order chi connectivity index (χ0) is 24.8. The molecule has 0 bridgehead atoms. The molecule has 1 heterocycles. The summed E-state index contributed by atoms with van der Waals surface area (Å²) >= 11 is 10.7. The predicted molar refractivity (Wildman–Crippen MR) is 140 cm³/mol. The van der Waals surface area contributed by atoms with Gasteiger partial charge in [0.2, 0.25) is 5.91 Å².